The van der Waals surface area contributed by atoms with E-state index in [1.54, 1.807) is 6.20 Å². The summed E-state index contributed by atoms with van der Waals surface area (Å²) in [6.07, 6.45) is 10.4. The number of rotatable bonds is 7. The van der Waals surface area contributed by atoms with Gasteiger partial charge in [-0.1, -0.05) is 12.8 Å². The van der Waals surface area contributed by atoms with E-state index < -0.39 is 0 Å². The summed E-state index contributed by atoms with van der Waals surface area (Å²) in [5.41, 5.74) is 5.03. The zero-order valence-corrected chi connectivity index (χ0v) is 8.35. The van der Waals surface area contributed by atoms with Crippen LogP contribution in [-0.2, 0) is 11.3 Å². The highest BCUT2D eigenvalue weighted by Crippen LogP contribution is 2.04. The molecule has 1 heterocycles. The highest BCUT2D eigenvalue weighted by Gasteiger charge is 1.95. The SMILES string of the molecule is NC(=O)CCCCCCn1ccnc1. The van der Waals surface area contributed by atoms with Crippen LogP contribution in [0.2, 0.25) is 0 Å². The molecule has 0 aromatic carbocycles. The van der Waals surface area contributed by atoms with Crippen molar-refractivity contribution in [3.05, 3.63) is 18.7 Å². The number of aryl methyl sites for hydroxylation is 1. The maximum atomic E-state index is 10.4. The van der Waals surface area contributed by atoms with Crippen molar-refractivity contribution in [2.24, 2.45) is 5.73 Å². The van der Waals surface area contributed by atoms with Gasteiger partial charge in [-0.05, 0) is 12.8 Å². The molecule has 78 valence electrons. The lowest BCUT2D eigenvalue weighted by Crippen LogP contribution is -2.09. The average molecular weight is 195 g/mol. The third kappa shape index (κ3) is 4.64. The summed E-state index contributed by atoms with van der Waals surface area (Å²) in [5.74, 6) is -0.195. The lowest BCUT2D eigenvalue weighted by Gasteiger charge is -2.01. The van der Waals surface area contributed by atoms with Crippen molar-refractivity contribution >= 4 is 5.91 Å². The van der Waals surface area contributed by atoms with E-state index in [0.717, 1.165) is 32.2 Å². The van der Waals surface area contributed by atoms with Gasteiger partial charge in [0.25, 0.3) is 0 Å². The van der Waals surface area contributed by atoms with E-state index in [1.165, 1.54) is 0 Å². The van der Waals surface area contributed by atoms with Gasteiger partial charge in [-0.3, -0.25) is 4.79 Å². The first-order chi connectivity index (χ1) is 6.79. The van der Waals surface area contributed by atoms with Crippen LogP contribution in [0.25, 0.3) is 0 Å². The number of carbonyl (C=O) groups is 1. The van der Waals surface area contributed by atoms with Crippen LogP contribution >= 0.6 is 0 Å². The van der Waals surface area contributed by atoms with Gasteiger partial charge >= 0.3 is 0 Å². The second-order valence-corrected chi connectivity index (χ2v) is 3.43. The first kappa shape index (κ1) is 10.8. The van der Waals surface area contributed by atoms with E-state index in [1.807, 2.05) is 12.5 Å². The lowest BCUT2D eigenvalue weighted by molar-refractivity contribution is -0.118. The molecule has 0 aliphatic rings. The number of hydrogen-bond donors (Lipinski definition) is 1. The molecule has 0 radical (unpaired) electrons. The summed E-state index contributed by atoms with van der Waals surface area (Å²) in [7, 11) is 0. The minimum atomic E-state index is -0.195. The molecule has 0 saturated carbocycles. The van der Waals surface area contributed by atoms with Crippen molar-refractivity contribution < 1.29 is 4.79 Å². The van der Waals surface area contributed by atoms with Crippen molar-refractivity contribution in [1.29, 1.82) is 0 Å². The second-order valence-electron chi connectivity index (χ2n) is 3.43. The first-order valence-corrected chi connectivity index (χ1v) is 5.03. The lowest BCUT2D eigenvalue weighted by atomic mass is 10.1. The number of primary amides is 1. The number of nitrogens with two attached hydrogens (primary N) is 1. The molecule has 4 heteroatoms. The fourth-order valence-corrected chi connectivity index (χ4v) is 1.37. The smallest absolute Gasteiger partial charge is 0.217 e. The van der Waals surface area contributed by atoms with Crippen molar-refractivity contribution in [1.82, 2.24) is 9.55 Å². The van der Waals surface area contributed by atoms with Gasteiger partial charge in [-0.15, -0.1) is 0 Å². The minimum Gasteiger partial charge on any atom is -0.370 e. The van der Waals surface area contributed by atoms with Gasteiger partial charge in [0.1, 0.15) is 0 Å². The van der Waals surface area contributed by atoms with Gasteiger partial charge in [0.2, 0.25) is 5.91 Å². The van der Waals surface area contributed by atoms with E-state index in [2.05, 4.69) is 9.55 Å². The van der Waals surface area contributed by atoms with Crippen molar-refractivity contribution in [3.63, 3.8) is 0 Å². The Bertz CT molecular complexity index is 256. The minimum absolute atomic E-state index is 0.195. The summed E-state index contributed by atoms with van der Waals surface area (Å²) in [6, 6.07) is 0. The molecular weight excluding hydrogens is 178 g/mol. The molecular formula is C10H17N3O. The fraction of sp³-hybridized carbons (Fsp3) is 0.600. The molecule has 0 unspecified atom stereocenters. The van der Waals surface area contributed by atoms with Crippen LogP contribution < -0.4 is 5.73 Å². The zero-order valence-electron chi connectivity index (χ0n) is 8.35. The van der Waals surface area contributed by atoms with E-state index in [9.17, 15) is 4.79 Å². The van der Waals surface area contributed by atoms with Crippen LogP contribution in [-0.4, -0.2) is 15.5 Å². The first-order valence-electron chi connectivity index (χ1n) is 5.03. The molecule has 0 spiro atoms. The Morgan fingerprint density at radius 1 is 1.29 bits per heavy atom. The van der Waals surface area contributed by atoms with Crippen LogP contribution in [0.1, 0.15) is 32.1 Å². The Kier molecular flexibility index (Phi) is 4.75. The molecule has 0 fully saturated rings. The number of aromatic nitrogens is 2. The van der Waals surface area contributed by atoms with Gasteiger partial charge in [0.15, 0.2) is 0 Å². The number of nitrogens with zero attached hydrogens (tertiary/aromatic N) is 2. The van der Waals surface area contributed by atoms with Crippen molar-refractivity contribution in [3.8, 4) is 0 Å². The third-order valence-electron chi connectivity index (χ3n) is 2.15. The van der Waals surface area contributed by atoms with Crippen LogP contribution in [0.3, 0.4) is 0 Å². The van der Waals surface area contributed by atoms with E-state index >= 15 is 0 Å². The molecule has 0 saturated heterocycles. The Morgan fingerprint density at radius 2 is 2.07 bits per heavy atom. The quantitative estimate of drug-likeness (QED) is 0.667. The van der Waals surface area contributed by atoms with Crippen LogP contribution in [0, 0.1) is 0 Å². The van der Waals surface area contributed by atoms with Gasteiger partial charge in [-0.25, -0.2) is 4.98 Å². The molecule has 0 atom stereocenters. The zero-order chi connectivity index (χ0) is 10.2. The largest absolute Gasteiger partial charge is 0.370 e. The molecule has 0 aliphatic carbocycles. The molecule has 4 nitrogen and oxygen atoms in total. The molecule has 1 aromatic rings. The van der Waals surface area contributed by atoms with E-state index in [4.69, 9.17) is 5.73 Å². The number of amides is 1. The van der Waals surface area contributed by atoms with Crippen LogP contribution in [0.5, 0.6) is 0 Å². The standard InChI is InChI=1S/C10H17N3O/c11-10(14)5-3-1-2-4-7-13-8-6-12-9-13/h6,8-9H,1-5,7H2,(H2,11,14). The highest BCUT2D eigenvalue weighted by atomic mass is 16.1. The maximum Gasteiger partial charge on any atom is 0.217 e. The second kappa shape index (κ2) is 6.18. The summed E-state index contributed by atoms with van der Waals surface area (Å²) < 4.78 is 2.06. The van der Waals surface area contributed by atoms with E-state index in [0.29, 0.717) is 6.42 Å². The van der Waals surface area contributed by atoms with Gasteiger partial charge in [-0.2, -0.15) is 0 Å². The normalized spacial score (nSPS) is 10.3. The molecule has 0 bridgehead atoms. The van der Waals surface area contributed by atoms with Gasteiger partial charge in [0, 0.05) is 25.4 Å². The third-order valence-corrected chi connectivity index (χ3v) is 2.15. The fourth-order valence-electron chi connectivity index (χ4n) is 1.37. The maximum absolute atomic E-state index is 10.4. The number of carbonyl (C=O) groups excluding carboxylic acids is 1. The summed E-state index contributed by atoms with van der Waals surface area (Å²) in [6.45, 7) is 1.01. The Morgan fingerprint density at radius 3 is 2.71 bits per heavy atom. The average Bonchev–Trinajstić information content (AvgIpc) is 2.63. The molecule has 0 aliphatic heterocycles. The molecule has 1 amide bonds. The number of unbranched alkanes of at least 4 members (excludes halogenated alkanes) is 3. The van der Waals surface area contributed by atoms with Crippen LogP contribution in [0.15, 0.2) is 18.7 Å². The summed E-state index contributed by atoms with van der Waals surface area (Å²) in [5, 5.41) is 0. The number of hydrogen-bond acceptors (Lipinski definition) is 2. The molecule has 14 heavy (non-hydrogen) atoms. The Hall–Kier alpha value is -1.32. The summed E-state index contributed by atoms with van der Waals surface area (Å²) in [4.78, 5) is 14.4. The predicted octanol–water partition coefficient (Wildman–Crippen LogP) is 1.32. The topological polar surface area (TPSA) is 60.9 Å². The molecule has 2 N–H and O–H groups in total. The number of imidazole rings is 1. The van der Waals surface area contributed by atoms with Crippen LogP contribution in [0.4, 0.5) is 0 Å². The van der Waals surface area contributed by atoms with Crippen molar-refractivity contribution in [2.45, 2.75) is 38.6 Å². The van der Waals surface area contributed by atoms with E-state index in [-0.39, 0.29) is 5.91 Å². The summed E-state index contributed by atoms with van der Waals surface area (Å²) >= 11 is 0. The van der Waals surface area contributed by atoms with Gasteiger partial charge < -0.3 is 10.3 Å². The highest BCUT2D eigenvalue weighted by molar-refractivity contribution is 5.73. The monoisotopic (exact) mass is 195 g/mol. The van der Waals surface area contributed by atoms with Crippen molar-refractivity contribution in [2.75, 3.05) is 0 Å². The predicted molar refractivity (Wildman–Crippen MR) is 54.5 cm³/mol. The molecule has 1 rings (SSSR count). The molecule has 1 aromatic heterocycles. The van der Waals surface area contributed by atoms with Gasteiger partial charge in [0.05, 0.1) is 6.33 Å². The Labute approximate surface area is 84.1 Å². The Balaban J connectivity index is 1.92.